The fraction of sp³-hybridized carbons (Fsp3) is 0.400. The Morgan fingerprint density at radius 2 is 2.10 bits per heavy atom. The Morgan fingerprint density at radius 1 is 1.30 bits per heavy atom. The third-order valence-corrected chi connectivity index (χ3v) is 3.10. The third-order valence-electron chi connectivity index (χ3n) is 3.10. The zero-order valence-corrected chi connectivity index (χ0v) is 12.3. The van der Waals surface area contributed by atoms with Crippen LogP contribution in [-0.4, -0.2) is 19.2 Å². The van der Waals surface area contributed by atoms with E-state index in [4.69, 9.17) is 13.9 Å². The Morgan fingerprint density at radius 3 is 2.70 bits per heavy atom. The number of benzene rings is 1. The van der Waals surface area contributed by atoms with Crippen molar-refractivity contribution in [1.82, 2.24) is 10.3 Å². The Labute approximate surface area is 118 Å². The van der Waals surface area contributed by atoms with E-state index in [1.54, 1.807) is 20.4 Å². The van der Waals surface area contributed by atoms with Crippen LogP contribution in [0.2, 0.25) is 0 Å². The average Bonchev–Trinajstić information content (AvgIpc) is 2.91. The van der Waals surface area contributed by atoms with Crippen LogP contribution in [0.1, 0.15) is 30.2 Å². The van der Waals surface area contributed by atoms with Crippen molar-refractivity contribution in [2.75, 3.05) is 14.2 Å². The van der Waals surface area contributed by atoms with E-state index < -0.39 is 0 Å². The predicted molar refractivity (Wildman–Crippen MR) is 76.0 cm³/mol. The summed E-state index contributed by atoms with van der Waals surface area (Å²) in [4.78, 5) is 4.22. The number of aromatic nitrogens is 1. The predicted octanol–water partition coefficient (Wildman–Crippen LogP) is 2.85. The second-order valence-electron chi connectivity index (χ2n) is 4.59. The lowest BCUT2D eigenvalue weighted by Gasteiger charge is -2.14. The second-order valence-corrected chi connectivity index (χ2v) is 4.59. The summed E-state index contributed by atoms with van der Waals surface area (Å²) in [6, 6.07) is 5.76. The van der Waals surface area contributed by atoms with Crippen LogP contribution in [0.5, 0.6) is 11.5 Å². The first kappa shape index (κ1) is 14.4. The van der Waals surface area contributed by atoms with E-state index in [0.717, 1.165) is 22.8 Å². The number of ether oxygens (including phenoxy) is 2. The minimum absolute atomic E-state index is 0.0274. The average molecular weight is 276 g/mol. The van der Waals surface area contributed by atoms with Gasteiger partial charge < -0.3 is 19.2 Å². The van der Waals surface area contributed by atoms with Gasteiger partial charge in [0.15, 0.2) is 0 Å². The number of rotatable bonds is 6. The molecule has 0 aliphatic heterocycles. The summed E-state index contributed by atoms with van der Waals surface area (Å²) in [6.07, 6.45) is 1.72. The molecule has 2 aromatic rings. The topological polar surface area (TPSA) is 56.5 Å². The SMILES string of the molecule is COc1ccc(OC)c(CNC(C)c2ncc(C)o2)c1. The first-order valence-electron chi connectivity index (χ1n) is 6.50. The van der Waals surface area contributed by atoms with Gasteiger partial charge in [0, 0.05) is 12.1 Å². The Kier molecular flexibility index (Phi) is 4.63. The van der Waals surface area contributed by atoms with Gasteiger partial charge in [-0.05, 0) is 32.0 Å². The van der Waals surface area contributed by atoms with Gasteiger partial charge in [0.05, 0.1) is 26.5 Å². The minimum atomic E-state index is 0.0274. The molecule has 1 aromatic carbocycles. The first-order valence-corrected chi connectivity index (χ1v) is 6.50. The standard InChI is InChI=1S/C15H20N2O3/c1-10-8-17-15(20-10)11(2)16-9-12-7-13(18-3)5-6-14(12)19-4/h5-8,11,16H,9H2,1-4H3. The van der Waals surface area contributed by atoms with E-state index in [1.165, 1.54) is 0 Å². The highest BCUT2D eigenvalue weighted by atomic mass is 16.5. The summed E-state index contributed by atoms with van der Waals surface area (Å²) >= 11 is 0. The molecule has 0 spiro atoms. The van der Waals surface area contributed by atoms with Crippen LogP contribution in [0.25, 0.3) is 0 Å². The lowest BCUT2D eigenvalue weighted by atomic mass is 10.1. The normalized spacial score (nSPS) is 12.2. The molecule has 0 saturated heterocycles. The lowest BCUT2D eigenvalue weighted by Crippen LogP contribution is -2.18. The molecule has 1 N–H and O–H groups in total. The molecule has 2 rings (SSSR count). The molecule has 1 atom stereocenters. The zero-order chi connectivity index (χ0) is 14.5. The molecule has 0 aliphatic rings. The summed E-state index contributed by atoms with van der Waals surface area (Å²) < 4.78 is 16.1. The quantitative estimate of drug-likeness (QED) is 0.879. The van der Waals surface area contributed by atoms with Crippen molar-refractivity contribution in [2.45, 2.75) is 26.4 Å². The molecule has 5 nitrogen and oxygen atoms in total. The maximum absolute atomic E-state index is 5.51. The maximum Gasteiger partial charge on any atom is 0.211 e. The van der Waals surface area contributed by atoms with Crippen molar-refractivity contribution >= 4 is 0 Å². The molecule has 1 heterocycles. The molecule has 0 bridgehead atoms. The molecule has 0 fully saturated rings. The summed E-state index contributed by atoms with van der Waals surface area (Å²) in [6.45, 7) is 4.54. The van der Waals surface area contributed by atoms with Gasteiger partial charge in [-0.2, -0.15) is 0 Å². The Balaban J connectivity index is 2.06. The molecule has 108 valence electrons. The molecule has 20 heavy (non-hydrogen) atoms. The molecule has 0 radical (unpaired) electrons. The number of nitrogens with zero attached hydrogens (tertiary/aromatic N) is 1. The summed E-state index contributed by atoms with van der Waals surface area (Å²) in [5.41, 5.74) is 1.03. The highest BCUT2D eigenvalue weighted by Gasteiger charge is 2.12. The molecule has 0 amide bonds. The fourth-order valence-corrected chi connectivity index (χ4v) is 1.94. The minimum Gasteiger partial charge on any atom is -0.497 e. The Bertz CT molecular complexity index is 566. The van der Waals surface area contributed by atoms with Crippen LogP contribution in [-0.2, 0) is 6.54 Å². The van der Waals surface area contributed by atoms with E-state index in [9.17, 15) is 0 Å². The summed E-state index contributed by atoms with van der Waals surface area (Å²) in [5, 5.41) is 3.36. The van der Waals surface area contributed by atoms with Crippen LogP contribution in [0.3, 0.4) is 0 Å². The van der Waals surface area contributed by atoms with Gasteiger partial charge in [-0.1, -0.05) is 0 Å². The van der Waals surface area contributed by atoms with Gasteiger partial charge in [0.2, 0.25) is 5.89 Å². The van der Waals surface area contributed by atoms with E-state index in [1.807, 2.05) is 32.0 Å². The number of nitrogens with one attached hydrogen (secondary N) is 1. The van der Waals surface area contributed by atoms with Crippen molar-refractivity contribution in [3.05, 3.63) is 41.6 Å². The summed E-state index contributed by atoms with van der Waals surface area (Å²) in [7, 11) is 3.31. The van der Waals surface area contributed by atoms with Crippen LogP contribution >= 0.6 is 0 Å². The summed E-state index contributed by atoms with van der Waals surface area (Å²) in [5.74, 6) is 3.13. The van der Waals surface area contributed by atoms with Crippen molar-refractivity contribution < 1.29 is 13.9 Å². The molecule has 0 aliphatic carbocycles. The van der Waals surface area contributed by atoms with E-state index in [0.29, 0.717) is 12.4 Å². The molecular weight excluding hydrogens is 256 g/mol. The van der Waals surface area contributed by atoms with Gasteiger partial charge in [-0.3, -0.25) is 0 Å². The highest BCUT2D eigenvalue weighted by Crippen LogP contribution is 2.24. The number of methoxy groups -OCH3 is 2. The van der Waals surface area contributed by atoms with Crippen LogP contribution in [0, 0.1) is 6.92 Å². The van der Waals surface area contributed by atoms with Crippen molar-refractivity contribution in [3.8, 4) is 11.5 Å². The molecule has 1 aromatic heterocycles. The van der Waals surface area contributed by atoms with Crippen molar-refractivity contribution in [2.24, 2.45) is 0 Å². The van der Waals surface area contributed by atoms with Gasteiger partial charge in [-0.15, -0.1) is 0 Å². The van der Waals surface area contributed by atoms with Crippen molar-refractivity contribution in [3.63, 3.8) is 0 Å². The number of hydrogen-bond donors (Lipinski definition) is 1. The van der Waals surface area contributed by atoms with Gasteiger partial charge in [0.25, 0.3) is 0 Å². The smallest absolute Gasteiger partial charge is 0.211 e. The zero-order valence-electron chi connectivity index (χ0n) is 12.3. The van der Waals surface area contributed by atoms with E-state index in [-0.39, 0.29) is 6.04 Å². The van der Waals surface area contributed by atoms with Gasteiger partial charge >= 0.3 is 0 Å². The first-order chi connectivity index (χ1) is 9.63. The van der Waals surface area contributed by atoms with Crippen LogP contribution in [0.15, 0.2) is 28.8 Å². The molecule has 5 heteroatoms. The van der Waals surface area contributed by atoms with Gasteiger partial charge in [-0.25, -0.2) is 4.98 Å². The lowest BCUT2D eigenvalue weighted by molar-refractivity contribution is 0.384. The molecule has 1 unspecified atom stereocenters. The monoisotopic (exact) mass is 276 g/mol. The Hall–Kier alpha value is -2.01. The van der Waals surface area contributed by atoms with Crippen LogP contribution in [0.4, 0.5) is 0 Å². The molecule has 0 saturated carbocycles. The number of oxazole rings is 1. The fourth-order valence-electron chi connectivity index (χ4n) is 1.94. The second kappa shape index (κ2) is 6.43. The van der Waals surface area contributed by atoms with Gasteiger partial charge in [0.1, 0.15) is 17.3 Å². The number of aryl methyl sites for hydroxylation is 1. The maximum atomic E-state index is 5.51. The highest BCUT2D eigenvalue weighted by molar-refractivity contribution is 5.40. The number of hydrogen-bond acceptors (Lipinski definition) is 5. The van der Waals surface area contributed by atoms with E-state index >= 15 is 0 Å². The third kappa shape index (κ3) is 3.30. The van der Waals surface area contributed by atoms with Crippen LogP contribution < -0.4 is 14.8 Å². The van der Waals surface area contributed by atoms with E-state index in [2.05, 4.69) is 10.3 Å². The largest absolute Gasteiger partial charge is 0.497 e. The molecular formula is C15H20N2O3. The van der Waals surface area contributed by atoms with Crippen molar-refractivity contribution in [1.29, 1.82) is 0 Å².